The summed E-state index contributed by atoms with van der Waals surface area (Å²) in [4.78, 5) is 15.5. The minimum absolute atomic E-state index is 0.609. The zero-order valence-corrected chi connectivity index (χ0v) is 11.9. The van der Waals surface area contributed by atoms with Gasteiger partial charge >= 0.3 is 0 Å². The Bertz CT molecular complexity index is 444. The number of aromatic nitrogens is 3. The van der Waals surface area contributed by atoms with Crippen LogP contribution in [0.5, 0.6) is 0 Å². The van der Waals surface area contributed by atoms with Crippen LogP contribution in [0.25, 0.3) is 0 Å². The fourth-order valence-electron chi connectivity index (χ4n) is 2.39. The minimum Gasteiger partial charge on any atom is -0.378 e. The summed E-state index contributed by atoms with van der Waals surface area (Å²) in [6, 6.07) is 0. The van der Waals surface area contributed by atoms with E-state index in [0.717, 1.165) is 44.7 Å². The van der Waals surface area contributed by atoms with E-state index in [2.05, 4.69) is 30.5 Å². The molecule has 0 bridgehead atoms. The lowest BCUT2D eigenvalue weighted by molar-refractivity contribution is 0.122. The van der Waals surface area contributed by atoms with Crippen molar-refractivity contribution < 1.29 is 4.74 Å². The van der Waals surface area contributed by atoms with Crippen LogP contribution in [0.1, 0.15) is 19.3 Å². The monoisotopic (exact) mass is 278 g/mol. The Morgan fingerprint density at radius 1 is 1.15 bits per heavy atom. The van der Waals surface area contributed by atoms with Crippen molar-refractivity contribution >= 4 is 17.8 Å². The van der Waals surface area contributed by atoms with Crippen LogP contribution >= 0.6 is 0 Å². The Labute approximate surface area is 119 Å². The summed E-state index contributed by atoms with van der Waals surface area (Å²) in [5.41, 5.74) is 0. The van der Waals surface area contributed by atoms with Gasteiger partial charge in [-0.3, -0.25) is 0 Å². The number of morpholine rings is 1. The Morgan fingerprint density at radius 3 is 2.55 bits per heavy atom. The van der Waals surface area contributed by atoms with E-state index in [1.165, 1.54) is 19.3 Å². The molecule has 2 heterocycles. The molecule has 0 unspecified atom stereocenters. The predicted molar refractivity (Wildman–Crippen MR) is 78.2 cm³/mol. The number of rotatable bonds is 5. The summed E-state index contributed by atoms with van der Waals surface area (Å²) >= 11 is 0. The van der Waals surface area contributed by atoms with Crippen LogP contribution in [0.4, 0.5) is 17.8 Å². The number of ether oxygens (including phenoxy) is 1. The third kappa shape index (κ3) is 3.09. The second-order valence-electron chi connectivity index (χ2n) is 5.31. The van der Waals surface area contributed by atoms with Gasteiger partial charge in [0.1, 0.15) is 0 Å². The molecule has 0 radical (unpaired) electrons. The molecule has 2 fully saturated rings. The zero-order valence-electron chi connectivity index (χ0n) is 11.9. The molecule has 1 saturated carbocycles. The first-order valence-electron chi connectivity index (χ1n) is 7.35. The van der Waals surface area contributed by atoms with Crippen molar-refractivity contribution in [3.63, 3.8) is 0 Å². The molecule has 0 aromatic carbocycles. The molecule has 3 rings (SSSR count). The van der Waals surface area contributed by atoms with Gasteiger partial charge in [-0.15, -0.1) is 0 Å². The quantitative estimate of drug-likeness (QED) is 0.831. The molecular weight excluding hydrogens is 256 g/mol. The van der Waals surface area contributed by atoms with Crippen molar-refractivity contribution in [1.29, 1.82) is 0 Å². The van der Waals surface area contributed by atoms with Gasteiger partial charge in [0, 0.05) is 26.7 Å². The molecule has 1 saturated heterocycles. The van der Waals surface area contributed by atoms with Gasteiger partial charge in [-0.2, -0.15) is 15.0 Å². The van der Waals surface area contributed by atoms with E-state index >= 15 is 0 Å². The Morgan fingerprint density at radius 2 is 1.90 bits per heavy atom. The highest BCUT2D eigenvalue weighted by Gasteiger charge is 2.19. The highest BCUT2D eigenvalue weighted by molar-refractivity contribution is 5.43. The van der Waals surface area contributed by atoms with E-state index in [4.69, 9.17) is 4.74 Å². The average molecular weight is 278 g/mol. The largest absolute Gasteiger partial charge is 0.378 e. The maximum Gasteiger partial charge on any atom is 0.232 e. The van der Waals surface area contributed by atoms with Crippen molar-refractivity contribution in [3.05, 3.63) is 0 Å². The molecular formula is C13H22N6O. The second-order valence-corrected chi connectivity index (χ2v) is 5.31. The molecule has 2 N–H and O–H groups in total. The molecule has 20 heavy (non-hydrogen) atoms. The summed E-state index contributed by atoms with van der Waals surface area (Å²) in [5.74, 6) is 2.77. The number of hydrogen-bond acceptors (Lipinski definition) is 7. The van der Waals surface area contributed by atoms with Gasteiger partial charge < -0.3 is 20.3 Å². The highest BCUT2D eigenvalue weighted by Crippen LogP contribution is 2.26. The Balaban J connectivity index is 1.71. The summed E-state index contributed by atoms with van der Waals surface area (Å²) in [7, 11) is 1.83. The zero-order chi connectivity index (χ0) is 13.8. The van der Waals surface area contributed by atoms with Crippen molar-refractivity contribution in [2.75, 3.05) is 55.4 Å². The fourth-order valence-corrected chi connectivity index (χ4v) is 2.39. The molecule has 1 aliphatic heterocycles. The lowest BCUT2D eigenvalue weighted by Crippen LogP contribution is -2.37. The van der Waals surface area contributed by atoms with E-state index in [9.17, 15) is 0 Å². The third-order valence-corrected chi connectivity index (χ3v) is 3.91. The van der Waals surface area contributed by atoms with Crippen LogP contribution in [0.3, 0.4) is 0 Å². The molecule has 1 aromatic heterocycles. The standard InChI is InChI=1S/C13H22N6O/c1-14-11-16-12(15-9-10-3-2-4-10)18-13(17-11)19-5-7-20-8-6-19/h10H,2-9H2,1H3,(H2,14,15,16,17,18). The summed E-state index contributed by atoms with van der Waals surface area (Å²) in [6.45, 7) is 4.07. The third-order valence-electron chi connectivity index (χ3n) is 3.91. The van der Waals surface area contributed by atoms with E-state index in [0.29, 0.717) is 11.9 Å². The van der Waals surface area contributed by atoms with Gasteiger partial charge in [0.2, 0.25) is 17.8 Å². The molecule has 0 spiro atoms. The molecule has 2 aliphatic rings. The van der Waals surface area contributed by atoms with Gasteiger partial charge in [-0.05, 0) is 18.8 Å². The normalized spacial score (nSPS) is 19.6. The fraction of sp³-hybridized carbons (Fsp3) is 0.769. The van der Waals surface area contributed by atoms with Crippen molar-refractivity contribution in [2.24, 2.45) is 5.92 Å². The van der Waals surface area contributed by atoms with E-state index < -0.39 is 0 Å². The van der Waals surface area contributed by atoms with Gasteiger partial charge in [-0.1, -0.05) is 6.42 Å². The number of nitrogens with one attached hydrogen (secondary N) is 2. The van der Waals surface area contributed by atoms with Crippen molar-refractivity contribution in [2.45, 2.75) is 19.3 Å². The summed E-state index contributed by atoms with van der Waals surface area (Å²) in [5, 5.41) is 6.34. The van der Waals surface area contributed by atoms with Crippen LogP contribution < -0.4 is 15.5 Å². The lowest BCUT2D eigenvalue weighted by Gasteiger charge is -2.28. The van der Waals surface area contributed by atoms with Gasteiger partial charge in [0.05, 0.1) is 13.2 Å². The van der Waals surface area contributed by atoms with Crippen LogP contribution in [0.2, 0.25) is 0 Å². The van der Waals surface area contributed by atoms with E-state index in [-0.39, 0.29) is 0 Å². The first-order valence-corrected chi connectivity index (χ1v) is 7.35. The molecule has 0 amide bonds. The van der Waals surface area contributed by atoms with Gasteiger partial charge in [0.15, 0.2) is 0 Å². The molecule has 0 atom stereocenters. The topological polar surface area (TPSA) is 75.2 Å². The van der Waals surface area contributed by atoms with Crippen molar-refractivity contribution in [1.82, 2.24) is 15.0 Å². The minimum atomic E-state index is 0.609. The highest BCUT2D eigenvalue weighted by atomic mass is 16.5. The number of hydrogen-bond donors (Lipinski definition) is 2. The molecule has 7 heteroatoms. The van der Waals surface area contributed by atoms with Crippen molar-refractivity contribution in [3.8, 4) is 0 Å². The van der Waals surface area contributed by atoms with Crippen LogP contribution in [-0.4, -0.2) is 54.8 Å². The average Bonchev–Trinajstić information content (AvgIpc) is 2.46. The van der Waals surface area contributed by atoms with Gasteiger partial charge in [0.25, 0.3) is 0 Å². The maximum absolute atomic E-state index is 5.37. The molecule has 1 aromatic rings. The molecule has 1 aliphatic carbocycles. The van der Waals surface area contributed by atoms with Gasteiger partial charge in [-0.25, -0.2) is 0 Å². The number of anilines is 3. The van der Waals surface area contributed by atoms with Crippen LogP contribution in [-0.2, 0) is 4.74 Å². The SMILES string of the molecule is CNc1nc(NCC2CCC2)nc(N2CCOCC2)n1. The van der Waals surface area contributed by atoms with Crippen LogP contribution in [0.15, 0.2) is 0 Å². The second kappa shape index (κ2) is 6.21. The lowest BCUT2D eigenvalue weighted by atomic mass is 9.85. The first kappa shape index (κ1) is 13.4. The van der Waals surface area contributed by atoms with Crippen LogP contribution in [0, 0.1) is 5.92 Å². The molecule has 7 nitrogen and oxygen atoms in total. The molecule has 110 valence electrons. The van der Waals surface area contributed by atoms with E-state index in [1.54, 1.807) is 0 Å². The number of nitrogens with zero attached hydrogens (tertiary/aromatic N) is 4. The Kier molecular flexibility index (Phi) is 4.15. The van der Waals surface area contributed by atoms with E-state index in [1.807, 2.05) is 7.05 Å². The first-order chi connectivity index (χ1) is 9.85. The summed E-state index contributed by atoms with van der Waals surface area (Å²) < 4.78 is 5.37. The Hall–Kier alpha value is -1.63. The maximum atomic E-state index is 5.37. The predicted octanol–water partition coefficient (Wildman–Crippen LogP) is 0.962. The smallest absolute Gasteiger partial charge is 0.232 e. The summed E-state index contributed by atoms with van der Waals surface area (Å²) in [6.07, 6.45) is 3.98.